The molecule has 9 heteroatoms. The van der Waals surface area contributed by atoms with Gasteiger partial charge in [0, 0.05) is 12.2 Å². The van der Waals surface area contributed by atoms with Crippen LogP contribution in [0.15, 0.2) is 54.9 Å². The van der Waals surface area contributed by atoms with Gasteiger partial charge in [-0.15, -0.1) is 11.3 Å². The Bertz CT molecular complexity index is 1640. The van der Waals surface area contributed by atoms with Gasteiger partial charge in [-0.2, -0.15) is 0 Å². The topological polar surface area (TPSA) is 91.7 Å². The summed E-state index contributed by atoms with van der Waals surface area (Å²) in [5.41, 5.74) is 7.18. The van der Waals surface area contributed by atoms with Crippen LogP contribution in [-0.4, -0.2) is 55.4 Å². The van der Waals surface area contributed by atoms with Crippen molar-refractivity contribution in [2.45, 2.75) is 51.1 Å². The molecule has 0 bridgehead atoms. The third-order valence-corrected chi connectivity index (χ3v) is 9.58. The first-order valence-corrected chi connectivity index (χ1v) is 14.9. The van der Waals surface area contributed by atoms with Crippen molar-refractivity contribution >= 4 is 28.3 Å². The Morgan fingerprint density at radius 2 is 1.88 bits per heavy atom. The van der Waals surface area contributed by atoms with Gasteiger partial charge in [-0.3, -0.25) is 4.79 Å². The summed E-state index contributed by atoms with van der Waals surface area (Å²) in [7, 11) is 2.19. The fourth-order valence-corrected chi connectivity index (χ4v) is 7.10. The van der Waals surface area contributed by atoms with Crippen molar-refractivity contribution in [3.05, 3.63) is 88.3 Å². The van der Waals surface area contributed by atoms with Gasteiger partial charge in [0.1, 0.15) is 11.9 Å². The first kappa shape index (κ1) is 25.2. The number of hydrogen-bond donors (Lipinski definition) is 2. The molecule has 1 unspecified atom stereocenters. The van der Waals surface area contributed by atoms with Crippen molar-refractivity contribution in [3.63, 3.8) is 0 Å². The van der Waals surface area contributed by atoms with Crippen LogP contribution in [0, 0.1) is 6.92 Å². The molecule has 5 aromatic rings. The van der Waals surface area contributed by atoms with Gasteiger partial charge < -0.3 is 19.8 Å². The van der Waals surface area contributed by atoms with E-state index in [1.165, 1.54) is 29.7 Å². The normalized spacial score (nSPS) is 16.9. The van der Waals surface area contributed by atoms with Crippen molar-refractivity contribution in [1.29, 1.82) is 0 Å². The van der Waals surface area contributed by atoms with Gasteiger partial charge in [0.2, 0.25) is 0 Å². The molecular weight excluding hydrogens is 518 g/mol. The number of aryl methyl sites for hydroxylation is 2. The van der Waals surface area contributed by atoms with Gasteiger partial charge in [-0.05, 0) is 81.9 Å². The molecule has 204 valence electrons. The first-order chi connectivity index (χ1) is 19.5. The van der Waals surface area contributed by atoms with Gasteiger partial charge in [0.25, 0.3) is 5.91 Å². The third kappa shape index (κ3) is 4.63. The predicted octanol–water partition coefficient (Wildman–Crippen LogP) is 5.47. The number of piperidine rings is 1. The van der Waals surface area contributed by atoms with Crippen LogP contribution in [0.1, 0.15) is 69.5 Å². The number of nitrogens with zero attached hydrogens (tertiary/aromatic N) is 5. The number of carbonyl (C=O) groups is 1. The molecule has 1 amide bonds. The average molecular weight is 552 g/mol. The summed E-state index contributed by atoms with van der Waals surface area (Å²) in [5, 5.41) is 3.67. The van der Waals surface area contributed by atoms with E-state index >= 15 is 0 Å². The fourth-order valence-electron chi connectivity index (χ4n) is 6.12. The smallest absolute Gasteiger partial charge is 0.281 e. The summed E-state index contributed by atoms with van der Waals surface area (Å²) >= 11 is 1.44. The van der Waals surface area contributed by atoms with Gasteiger partial charge in [-0.1, -0.05) is 36.4 Å². The number of likely N-dealkylation sites (tertiary alicyclic amines) is 1. The molecule has 2 aliphatic rings. The molecule has 5 heterocycles. The lowest BCUT2D eigenvalue weighted by molar-refractivity contribution is 0.0940. The number of benzene rings is 2. The molecule has 1 saturated heterocycles. The summed E-state index contributed by atoms with van der Waals surface area (Å²) in [4.78, 5) is 34.8. The fraction of sp³-hybridized carbons (Fsp3) is 0.355. The molecule has 8 nitrogen and oxygen atoms in total. The van der Waals surface area contributed by atoms with Gasteiger partial charge in [0.05, 0.1) is 33.6 Å². The molecule has 0 aliphatic carbocycles. The van der Waals surface area contributed by atoms with E-state index in [2.05, 4.69) is 51.1 Å². The Labute approximate surface area is 237 Å². The lowest BCUT2D eigenvalue weighted by atomic mass is 9.89. The Balaban J connectivity index is 1.16. The lowest BCUT2D eigenvalue weighted by Crippen LogP contribution is -2.31. The van der Waals surface area contributed by atoms with Crippen LogP contribution < -0.4 is 5.32 Å². The van der Waals surface area contributed by atoms with Crippen LogP contribution in [0.2, 0.25) is 0 Å². The molecule has 0 saturated carbocycles. The summed E-state index contributed by atoms with van der Waals surface area (Å²) in [6.45, 7) is 5.23. The average Bonchev–Trinajstić information content (AvgIpc) is 3.76. The number of H-pyrrole nitrogens is 1. The van der Waals surface area contributed by atoms with Crippen LogP contribution in [0.3, 0.4) is 0 Å². The minimum atomic E-state index is -0.490. The maximum Gasteiger partial charge on any atom is 0.281 e. The van der Waals surface area contributed by atoms with Gasteiger partial charge in [-0.25, -0.2) is 15.0 Å². The number of nitrogens with one attached hydrogen (secondary N) is 2. The zero-order valence-electron chi connectivity index (χ0n) is 22.9. The monoisotopic (exact) mass is 551 g/mol. The summed E-state index contributed by atoms with van der Waals surface area (Å²) in [6.07, 6.45) is 6.30. The number of hydrogen-bond acceptors (Lipinski definition) is 6. The number of imidazole rings is 2. The van der Waals surface area contributed by atoms with E-state index in [4.69, 9.17) is 15.0 Å². The highest BCUT2D eigenvalue weighted by Gasteiger charge is 2.30. The number of carbonyl (C=O) groups excluding carboxylic acids is 1. The second-order valence-electron chi connectivity index (χ2n) is 11.1. The number of para-hydroxylation sites is 2. The highest BCUT2D eigenvalue weighted by Crippen LogP contribution is 2.34. The number of aromatic nitrogens is 5. The molecule has 2 aromatic carbocycles. The number of thiazole rings is 1. The summed E-state index contributed by atoms with van der Waals surface area (Å²) in [5.74, 6) is 1.09. The van der Waals surface area contributed by atoms with Crippen molar-refractivity contribution in [2.24, 2.45) is 0 Å². The zero-order valence-corrected chi connectivity index (χ0v) is 23.7. The molecule has 0 radical (unpaired) electrons. The molecular formula is C31H33N7OS. The number of fused-ring (bicyclic) bond motifs is 2. The minimum absolute atomic E-state index is 0.215. The van der Waals surface area contributed by atoms with E-state index in [1.54, 1.807) is 0 Å². The van der Waals surface area contributed by atoms with Crippen LogP contribution in [0.4, 0.5) is 0 Å². The van der Waals surface area contributed by atoms with Crippen LogP contribution in [-0.2, 0) is 13.0 Å². The Hall–Kier alpha value is -3.82. The van der Waals surface area contributed by atoms with Crippen LogP contribution in [0.25, 0.3) is 21.5 Å². The highest BCUT2D eigenvalue weighted by molar-refractivity contribution is 7.17. The van der Waals surface area contributed by atoms with E-state index in [1.807, 2.05) is 37.5 Å². The van der Waals surface area contributed by atoms with E-state index in [0.717, 1.165) is 71.0 Å². The van der Waals surface area contributed by atoms with Crippen molar-refractivity contribution in [2.75, 3.05) is 20.1 Å². The minimum Gasteiger partial charge on any atom is -0.340 e. The highest BCUT2D eigenvalue weighted by atomic mass is 32.1. The van der Waals surface area contributed by atoms with Gasteiger partial charge in [0.15, 0.2) is 5.01 Å². The number of aromatic amines is 1. The van der Waals surface area contributed by atoms with Crippen LogP contribution in [0.5, 0.6) is 0 Å². The SMILES string of the molecule is Cc1nc(C(=O)NC(c2nc3ccccc3[nH]2)c2ncn3c2CCC3)sc1-c1ccc(C2CCN(C)CC2)cc1. The second kappa shape index (κ2) is 10.3. The van der Waals surface area contributed by atoms with E-state index < -0.39 is 6.04 Å². The molecule has 1 atom stereocenters. The van der Waals surface area contributed by atoms with E-state index in [9.17, 15) is 4.79 Å². The van der Waals surface area contributed by atoms with Crippen LogP contribution >= 0.6 is 11.3 Å². The molecule has 1 fully saturated rings. The van der Waals surface area contributed by atoms with Crippen molar-refractivity contribution < 1.29 is 4.79 Å². The Morgan fingerprint density at radius 1 is 1.07 bits per heavy atom. The van der Waals surface area contributed by atoms with E-state index in [-0.39, 0.29) is 5.91 Å². The first-order valence-electron chi connectivity index (χ1n) is 14.1. The summed E-state index contributed by atoms with van der Waals surface area (Å²) in [6, 6.07) is 16.3. The quantitative estimate of drug-likeness (QED) is 0.292. The standard InChI is InChI=1S/C31H33N7OS/c1-19-28(22-11-9-20(10-12-22)21-13-16-37(2)17-14-21)40-31(33-19)30(39)36-27(26-25-8-5-15-38(25)18-32-26)29-34-23-6-3-4-7-24(23)35-29/h3-4,6-7,9-12,18,21,27H,5,8,13-17H2,1-2H3,(H,34,35)(H,36,39). The number of amides is 1. The maximum atomic E-state index is 13.7. The Kier molecular flexibility index (Phi) is 6.48. The summed E-state index contributed by atoms with van der Waals surface area (Å²) < 4.78 is 2.18. The molecule has 2 N–H and O–H groups in total. The van der Waals surface area contributed by atoms with Crippen molar-refractivity contribution in [1.82, 2.24) is 34.7 Å². The van der Waals surface area contributed by atoms with Gasteiger partial charge >= 0.3 is 0 Å². The van der Waals surface area contributed by atoms with Crippen molar-refractivity contribution in [3.8, 4) is 10.4 Å². The van der Waals surface area contributed by atoms with E-state index in [0.29, 0.717) is 16.7 Å². The molecule has 7 rings (SSSR count). The lowest BCUT2D eigenvalue weighted by Gasteiger charge is -2.29. The molecule has 40 heavy (non-hydrogen) atoms. The maximum absolute atomic E-state index is 13.7. The number of rotatable bonds is 6. The predicted molar refractivity (Wildman–Crippen MR) is 158 cm³/mol. The molecule has 3 aromatic heterocycles. The zero-order chi connectivity index (χ0) is 27.2. The molecule has 0 spiro atoms. The third-order valence-electron chi connectivity index (χ3n) is 8.37. The second-order valence-corrected chi connectivity index (χ2v) is 12.1. The Morgan fingerprint density at radius 3 is 2.67 bits per heavy atom. The molecule has 2 aliphatic heterocycles. The largest absolute Gasteiger partial charge is 0.340 e.